The van der Waals surface area contributed by atoms with E-state index in [-0.39, 0.29) is 32.7 Å². The first kappa shape index (κ1) is 16.9. The second-order valence-corrected chi connectivity index (χ2v) is 4.60. The van der Waals surface area contributed by atoms with Crippen LogP contribution in [0.15, 0.2) is 0 Å². The molecule has 0 aromatic heterocycles. The standard InChI is InChI=1S/C8H16F3O5P/c9-8(10,11)4-1-2-5-15-6-3-7-16-17(12,13)14/h1-7H2,(H2,12,13,14). The molecule has 0 rings (SSSR count). The van der Waals surface area contributed by atoms with Gasteiger partial charge in [0.2, 0.25) is 0 Å². The van der Waals surface area contributed by atoms with Crippen molar-refractivity contribution in [1.82, 2.24) is 0 Å². The molecule has 0 aromatic carbocycles. The van der Waals surface area contributed by atoms with E-state index in [1.165, 1.54) is 0 Å². The molecule has 17 heavy (non-hydrogen) atoms. The topological polar surface area (TPSA) is 76.0 Å². The normalized spacial score (nSPS) is 13.0. The molecule has 5 nitrogen and oxygen atoms in total. The van der Waals surface area contributed by atoms with Crippen LogP contribution < -0.4 is 0 Å². The molecule has 0 heterocycles. The van der Waals surface area contributed by atoms with Crippen LogP contribution in [0.4, 0.5) is 13.2 Å². The Morgan fingerprint density at radius 2 is 1.59 bits per heavy atom. The number of rotatable bonds is 9. The summed E-state index contributed by atoms with van der Waals surface area (Å²) < 4.78 is 54.5. The van der Waals surface area contributed by atoms with E-state index in [2.05, 4.69) is 4.52 Å². The van der Waals surface area contributed by atoms with Gasteiger partial charge in [-0.05, 0) is 19.3 Å². The number of phosphoric acid groups is 1. The molecule has 2 N–H and O–H groups in total. The van der Waals surface area contributed by atoms with Crippen LogP contribution in [0, 0.1) is 0 Å². The summed E-state index contributed by atoms with van der Waals surface area (Å²) in [7, 11) is -4.43. The van der Waals surface area contributed by atoms with Crippen molar-refractivity contribution in [3.63, 3.8) is 0 Å². The first-order valence-corrected chi connectivity index (χ1v) is 6.58. The molecule has 0 spiro atoms. The highest BCUT2D eigenvalue weighted by atomic mass is 31.2. The summed E-state index contributed by atoms with van der Waals surface area (Å²) in [6, 6.07) is 0. The number of alkyl halides is 3. The lowest BCUT2D eigenvalue weighted by atomic mass is 10.2. The molecule has 0 bridgehead atoms. The van der Waals surface area contributed by atoms with Crippen molar-refractivity contribution >= 4 is 7.82 Å². The summed E-state index contributed by atoms with van der Waals surface area (Å²) in [5.41, 5.74) is 0. The molecule has 0 aromatic rings. The highest BCUT2D eigenvalue weighted by Crippen LogP contribution is 2.35. The summed E-state index contributed by atoms with van der Waals surface area (Å²) >= 11 is 0. The first-order chi connectivity index (χ1) is 7.71. The second-order valence-electron chi connectivity index (χ2n) is 3.36. The van der Waals surface area contributed by atoms with Crippen LogP contribution >= 0.6 is 7.82 Å². The Labute approximate surface area is 97.2 Å². The van der Waals surface area contributed by atoms with E-state index >= 15 is 0 Å². The van der Waals surface area contributed by atoms with Gasteiger partial charge in [-0.2, -0.15) is 13.2 Å². The Balaban J connectivity index is 3.17. The smallest absolute Gasteiger partial charge is 0.381 e. The van der Waals surface area contributed by atoms with Crippen LogP contribution in [0.25, 0.3) is 0 Å². The van der Waals surface area contributed by atoms with Gasteiger partial charge in [-0.25, -0.2) is 4.57 Å². The van der Waals surface area contributed by atoms with Gasteiger partial charge >= 0.3 is 14.0 Å². The summed E-state index contributed by atoms with van der Waals surface area (Å²) in [5.74, 6) is 0. The number of hydrogen-bond donors (Lipinski definition) is 2. The van der Waals surface area contributed by atoms with Gasteiger partial charge in [0.1, 0.15) is 0 Å². The third-order valence-electron chi connectivity index (χ3n) is 1.69. The van der Waals surface area contributed by atoms with Crippen molar-refractivity contribution in [1.29, 1.82) is 0 Å². The van der Waals surface area contributed by atoms with Gasteiger partial charge in [-0.15, -0.1) is 0 Å². The van der Waals surface area contributed by atoms with E-state index in [1.807, 2.05) is 0 Å². The van der Waals surface area contributed by atoms with Gasteiger partial charge in [0.15, 0.2) is 0 Å². The van der Waals surface area contributed by atoms with Crippen LogP contribution in [-0.4, -0.2) is 35.8 Å². The Hall–Kier alpha value is -0.140. The molecule has 0 fully saturated rings. The molecule has 9 heteroatoms. The van der Waals surface area contributed by atoms with Gasteiger partial charge in [0.05, 0.1) is 6.61 Å². The molecule has 0 aliphatic heterocycles. The van der Waals surface area contributed by atoms with E-state index in [9.17, 15) is 17.7 Å². The number of halogens is 3. The summed E-state index contributed by atoms with van der Waals surface area (Å²) in [4.78, 5) is 16.6. The molecule has 0 saturated carbocycles. The van der Waals surface area contributed by atoms with Crippen molar-refractivity contribution in [3.05, 3.63) is 0 Å². The minimum Gasteiger partial charge on any atom is -0.381 e. The molecular formula is C8H16F3O5P. The highest BCUT2D eigenvalue weighted by molar-refractivity contribution is 7.46. The maximum absolute atomic E-state index is 11.7. The molecule has 0 saturated heterocycles. The highest BCUT2D eigenvalue weighted by Gasteiger charge is 2.25. The van der Waals surface area contributed by atoms with Crippen LogP contribution in [0.5, 0.6) is 0 Å². The van der Waals surface area contributed by atoms with Crippen molar-refractivity contribution in [3.8, 4) is 0 Å². The predicted molar refractivity (Wildman–Crippen MR) is 53.3 cm³/mol. The quantitative estimate of drug-likeness (QED) is 0.500. The Kier molecular flexibility index (Phi) is 7.98. The van der Waals surface area contributed by atoms with Crippen molar-refractivity contribution < 1.29 is 36.8 Å². The minimum absolute atomic E-state index is 0.0164. The first-order valence-electron chi connectivity index (χ1n) is 5.05. The number of hydrogen-bond acceptors (Lipinski definition) is 3. The molecule has 0 aliphatic carbocycles. The maximum atomic E-state index is 11.7. The van der Waals surface area contributed by atoms with Crippen LogP contribution in [-0.2, 0) is 13.8 Å². The monoisotopic (exact) mass is 280 g/mol. The van der Waals surface area contributed by atoms with E-state index in [4.69, 9.17) is 14.5 Å². The Bertz CT molecular complexity index is 240. The number of phosphoric ester groups is 1. The molecule has 104 valence electrons. The van der Waals surface area contributed by atoms with Gasteiger partial charge < -0.3 is 14.5 Å². The number of ether oxygens (including phenoxy) is 1. The lowest BCUT2D eigenvalue weighted by molar-refractivity contribution is -0.136. The molecule has 0 atom stereocenters. The van der Waals surface area contributed by atoms with Gasteiger partial charge in [-0.1, -0.05) is 0 Å². The third kappa shape index (κ3) is 15.9. The average Bonchev–Trinajstić information content (AvgIpc) is 2.11. The van der Waals surface area contributed by atoms with Crippen LogP contribution in [0.3, 0.4) is 0 Å². The fraction of sp³-hybridized carbons (Fsp3) is 1.00. The van der Waals surface area contributed by atoms with Crippen molar-refractivity contribution in [2.45, 2.75) is 31.9 Å². The molecule has 0 unspecified atom stereocenters. The zero-order valence-electron chi connectivity index (χ0n) is 9.15. The van der Waals surface area contributed by atoms with E-state index in [0.29, 0.717) is 6.42 Å². The van der Waals surface area contributed by atoms with Crippen molar-refractivity contribution in [2.75, 3.05) is 19.8 Å². The SMILES string of the molecule is O=P(O)(O)OCCCOCCCCC(F)(F)F. The van der Waals surface area contributed by atoms with Crippen LogP contribution in [0.2, 0.25) is 0 Å². The molecule has 0 amide bonds. The summed E-state index contributed by atoms with van der Waals surface area (Å²) in [5, 5.41) is 0. The lowest BCUT2D eigenvalue weighted by Gasteiger charge is -2.07. The molecule has 0 radical (unpaired) electrons. The Morgan fingerprint density at radius 3 is 2.12 bits per heavy atom. The fourth-order valence-corrected chi connectivity index (χ4v) is 1.34. The molecule has 0 aliphatic rings. The second kappa shape index (κ2) is 8.05. The summed E-state index contributed by atoms with van der Waals surface area (Å²) in [6.45, 7) is 0.255. The zero-order chi connectivity index (χ0) is 13.4. The fourth-order valence-electron chi connectivity index (χ4n) is 0.976. The van der Waals surface area contributed by atoms with Crippen molar-refractivity contribution in [2.24, 2.45) is 0 Å². The minimum atomic E-state index is -4.43. The van der Waals surface area contributed by atoms with E-state index in [1.54, 1.807) is 0 Å². The van der Waals surface area contributed by atoms with Crippen LogP contribution in [0.1, 0.15) is 25.7 Å². The largest absolute Gasteiger partial charge is 0.469 e. The van der Waals surface area contributed by atoms with Gasteiger partial charge in [0, 0.05) is 19.6 Å². The predicted octanol–water partition coefficient (Wildman–Crippen LogP) is 2.24. The molecular weight excluding hydrogens is 264 g/mol. The van der Waals surface area contributed by atoms with Gasteiger partial charge in [-0.3, -0.25) is 4.52 Å². The van der Waals surface area contributed by atoms with E-state index in [0.717, 1.165) is 0 Å². The Morgan fingerprint density at radius 1 is 1.00 bits per heavy atom. The maximum Gasteiger partial charge on any atom is 0.469 e. The number of unbranched alkanes of at least 4 members (excludes halogenated alkanes) is 1. The average molecular weight is 280 g/mol. The van der Waals surface area contributed by atoms with Gasteiger partial charge in [0.25, 0.3) is 0 Å². The third-order valence-corrected chi connectivity index (χ3v) is 2.21. The lowest BCUT2D eigenvalue weighted by Crippen LogP contribution is -2.07. The zero-order valence-corrected chi connectivity index (χ0v) is 10.0. The summed E-state index contributed by atoms with van der Waals surface area (Å²) in [6.07, 6.45) is -4.35. The van der Waals surface area contributed by atoms with E-state index < -0.39 is 20.4 Å².